The fourth-order valence-corrected chi connectivity index (χ4v) is 3.76. The number of nitrogens with zero attached hydrogens (tertiary/aromatic N) is 2. The number of nitrogens with one attached hydrogen (secondary N) is 1. The van der Waals surface area contributed by atoms with Gasteiger partial charge in [0, 0.05) is 37.0 Å². The SMILES string of the molecule is NCc1nc(CC(=O)N2CCC3(CCNC3)C2)cs1. The summed E-state index contributed by atoms with van der Waals surface area (Å²) in [5.74, 6) is 0.206. The third-order valence-corrected chi connectivity index (χ3v) is 5.15. The molecule has 0 bridgehead atoms. The lowest BCUT2D eigenvalue weighted by Gasteiger charge is -2.22. The Morgan fingerprint density at radius 2 is 2.47 bits per heavy atom. The number of rotatable bonds is 3. The molecule has 2 fully saturated rings. The molecule has 0 radical (unpaired) electrons. The molecule has 1 unspecified atom stereocenters. The van der Waals surface area contributed by atoms with Crippen molar-refractivity contribution in [1.82, 2.24) is 15.2 Å². The van der Waals surface area contributed by atoms with E-state index in [1.54, 1.807) is 0 Å². The van der Waals surface area contributed by atoms with Crippen LogP contribution >= 0.6 is 11.3 Å². The smallest absolute Gasteiger partial charge is 0.228 e. The largest absolute Gasteiger partial charge is 0.342 e. The Morgan fingerprint density at radius 1 is 1.58 bits per heavy atom. The van der Waals surface area contributed by atoms with Crippen molar-refractivity contribution in [2.45, 2.75) is 25.8 Å². The Labute approximate surface area is 117 Å². The first kappa shape index (κ1) is 13.0. The first-order valence-electron chi connectivity index (χ1n) is 6.83. The molecule has 2 saturated heterocycles. The molecule has 1 spiro atoms. The van der Waals surface area contributed by atoms with Gasteiger partial charge in [0.15, 0.2) is 0 Å². The normalized spacial score (nSPS) is 26.5. The molecule has 104 valence electrons. The van der Waals surface area contributed by atoms with Crippen molar-refractivity contribution in [3.8, 4) is 0 Å². The van der Waals surface area contributed by atoms with Gasteiger partial charge in [-0.2, -0.15) is 0 Å². The Kier molecular flexibility index (Phi) is 3.56. The maximum absolute atomic E-state index is 12.3. The van der Waals surface area contributed by atoms with Crippen molar-refractivity contribution in [3.05, 3.63) is 16.1 Å². The number of thiazole rings is 1. The molecule has 3 heterocycles. The Morgan fingerprint density at radius 3 is 3.16 bits per heavy atom. The van der Waals surface area contributed by atoms with E-state index < -0.39 is 0 Å². The summed E-state index contributed by atoms with van der Waals surface area (Å²) in [4.78, 5) is 18.7. The van der Waals surface area contributed by atoms with Crippen LogP contribution in [0.15, 0.2) is 5.38 Å². The summed E-state index contributed by atoms with van der Waals surface area (Å²) in [5.41, 5.74) is 6.75. The van der Waals surface area contributed by atoms with E-state index in [1.807, 2.05) is 10.3 Å². The lowest BCUT2D eigenvalue weighted by molar-refractivity contribution is -0.129. The number of amides is 1. The molecule has 0 aliphatic carbocycles. The Bertz CT molecular complexity index is 467. The average molecular weight is 280 g/mol. The van der Waals surface area contributed by atoms with E-state index in [9.17, 15) is 4.79 Å². The molecule has 1 aromatic rings. The Balaban J connectivity index is 1.59. The lowest BCUT2D eigenvalue weighted by atomic mass is 9.86. The number of nitrogens with two attached hydrogens (primary N) is 1. The zero-order valence-corrected chi connectivity index (χ0v) is 11.8. The van der Waals surface area contributed by atoms with Crippen molar-refractivity contribution >= 4 is 17.2 Å². The fourth-order valence-electron chi connectivity index (χ4n) is 3.08. The van der Waals surface area contributed by atoms with Gasteiger partial charge in [0.25, 0.3) is 0 Å². The van der Waals surface area contributed by atoms with Gasteiger partial charge in [-0.1, -0.05) is 0 Å². The fraction of sp³-hybridized carbons (Fsp3) is 0.692. The van der Waals surface area contributed by atoms with Crippen LogP contribution in [0.5, 0.6) is 0 Å². The zero-order valence-electron chi connectivity index (χ0n) is 11.0. The summed E-state index contributed by atoms with van der Waals surface area (Å²) < 4.78 is 0. The summed E-state index contributed by atoms with van der Waals surface area (Å²) in [6, 6.07) is 0. The van der Waals surface area contributed by atoms with E-state index in [1.165, 1.54) is 17.8 Å². The van der Waals surface area contributed by atoms with Gasteiger partial charge in [-0.25, -0.2) is 4.98 Å². The van der Waals surface area contributed by atoms with Crippen LogP contribution in [0.4, 0.5) is 0 Å². The van der Waals surface area contributed by atoms with Gasteiger partial charge in [-0.05, 0) is 19.4 Å². The highest BCUT2D eigenvalue weighted by molar-refractivity contribution is 7.09. The molecular weight excluding hydrogens is 260 g/mol. The van der Waals surface area contributed by atoms with Gasteiger partial charge in [0.1, 0.15) is 5.01 Å². The predicted octanol–water partition coefficient (Wildman–Crippen LogP) is 0.356. The summed E-state index contributed by atoms with van der Waals surface area (Å²) in [5, 5.41) is 6.26. The van der Waals surface area contributed by atoms with Crippen LogP contribution in [0.25, 0.3) is 0 Å². The second-order valence-electron chi connectivity index (χ2n) is 5.61. The summed E-state index contributed by atoms with van der Waals surface area (Å²) in [7, 11) is 0. The van der Waals surface area contributed by atoms with Gasteiger partial charge in [-0.15, -0.1) is 11.3 Å². The van der Waals surface area contributed by atoms with Gasteiger partial charge in [0.05, 0.1) is 12.1 Å². The van der Waals surface area contributed by atoms with Crippen LogP contribution in [0.2, 0.25) is 0 Å². The van der Waals surface area contributed by atoms with Crippen molar-refractivity contribution in [2.24, 2.45) is 11.1 Å². The van der Waals surface area contributed by atoms with Crippen LogP contribution < -0.4 is 11.1 Å². The lowest BCUT2D eigenvalue weighted by Crippen LogP contribution is -2.34. The van der Waals surface area contributed by atoms with E-state index in [0.29, 0.717) is 18.4 Å². The van der Waals surface area contributed by atoms with Crippen LogP contribution in [-0.4, -0.2) is 42.0 Å². The number of likely N-dealkylation sites (tertiary alicyclic amines) is 1. The Hall–Kier alpha value is -0.980. The first-order chi connectivity index (χ1) is 9.21. The summed E-state index contributed by atoms with van der Waals surface area (Å²) in [6.45, 7) is 4.41. The minimum absolute atomic E-state index is 0.206. The second kappa shape index (κ2) is 5.19. The molecule has 2 aliphatic heterocycles. The maximum Gasteiger partial charge on any atom is 0.228 e. The van der Waals surface area contributed by atoms with Crippen LogP contribution in [0, 0.1) is 5.41 Å². The van der Waals surface area contributed by atoms with Crippen molar-refractivity contribution in [1.29, 1.82) is 0 Å². The summed E-state index contributed by atoms with van der Waals surface area (Å²) in [6.07, 6.45) is 2.75. The highest BCUT2D eigenvalue weighted by atomic mass is 32.1. The number of hydrogen-bond donors (Lipinski definition) is 2. The molecule has 3 N–H and O–H groups in total. The molecule has 2 aliphatic rings. The van der Waals surface area contributed by atoms with Gasteiger partial charge in [0.2, 0.25) is 5.91 Å². The van der Waals surface area contributed by atoms with E-state index in [2.05, 4.69) is 10.3 Å². The van der Waals surface area contributed by atoms with E-state index in [0.717, 1.165) is 43.3 Å². The minimum Gasteiger partial charge on any atom is -0.342 e. The average Bonchev–Trinajstić information content (AvgIpc) is 3.13. The van der Waals surface area contributed by atoms with E-state index >= 15 is 0 Å². The minimum atomic E-state index is 0.206. The van der Waals surface area contributed by atoms with Crippen molar-refractivity contribution < 1.29 is 4.79 Å². The van der Waals surface area contributed by atoms with Gasteiger partial charge in [-0.3, -0.25) is 4.79 Å². The number of aromatic nitrogens is 1. The van der Waals surface area contributed by atoms with E-state index in [4.69, 9.17) is 5.73 Å². The highest BCUT2D eigenvalue weighted by Crippen LogP contribution is 2.36. The van der Waals surface area contributed by atoms with E-state index in [-0.39, 0.29) is 5.91 Å². The van der Waals surface area contributed by atoms with Crippen molar-refractivity contribution in [3.63, 3.8) is 0 Å². The monoisotopic (exact) mass is 280 g/mol. The molecule has 1 aromatic heterocycles. The third kappa shape index (κ3) is 2.66. The first-order valence-corrected chi connectivity index (χ1v) is 7.71. The number of hydrogen-bond acceptors (Lipinski definition) is 5. The molecule has 0 saturated carbocycles. The summed E-state index contributed by atoms with van der Waals surface area (Å²) >= 11 is 1.54. The predicted molar refractivity (Wildman–Crippen MR) is 74.8 cm³/mol. The quantitative estimate of drug-likeness (QED) is 0.838. The topological polar surface area (TPSA) is 71.2 Å². The van der Waals surface area contributed by atoms with Gasteiger partial charge < -0.3 is 16.0 Å². The zero-order chi connectivity index (χ0) is 13.3. The van der Waals surface area contributed by atoms with Crippen molar-refractivity contribution in [2.75, 3.05) is 26.2 Å². The van der Waals surface area contributed by atoms with Crippen LogP contribution in [0.3, 0.4) is 0 Å². The molecule has 0 aromatic carbocycles. The molecule has 6 heteroatoms. The molecule has 5 nitrogen and oxygen atoms in total. The number of carbonyl (C=O) groups excluding carboxylic acids is 1. The molecule has 1 amide bonds. The second-order valence-corrected chi connectivity index (χ2v) is 6.55. The molecular formula is C13H20N4OS. The standard InChI is InChI=1S/C13H20N4OS/c14-6-11-16-10(7-19-11)5-12(18)17-4-2-13(9-17)1-3-15-8-13/h7,15H,1-6,8-9,14H2. The van der Waals surface area contributed by atoms with Gasteiger partial charge >= 0.3 is 0 Å². The molecule has 1 atom stereocenters. The maximum atomic E-state index is 12.3. The van der Waals surface area contributed by atoms with Crippen LogP contribution in [-0.2, 0) is 17.8 Å². The highest BCUT2D eigenvalue weighted by Gasteiger charge is 2.41. The number of carbonyl (C=O) groups is 1. The third-order valence-electron chi connectivity index (χ3n) is 4.23. The van der Waals surface area contributed by atoms with Crippen LogP contribution in [0.1, 0.15) is 23.5 Å². The molecule has 3 rings (SSSR count). The molecule has 19 heavy (non-hydrogen) atoms.